The van der Waals surface area contributed by atoms with Crippen LogP contribution in [0.3, 0.4) is 0 Å². The summed E-state index contributed by atoms with van der Waals surface area (Å²) in [7, 11) is 0. The highest BCUT2D eigenvalue weighted by Gasteiger charge is 2.20. The van der Waals surface area contributed by atoms with Crippen molar-refractivity contribution in [3.8, 4) is 0 Å². The molecule has 2 amide bonds. The van der Waals surface area contributed by atoms with Crippen LogP contribution in [0.15, 0.2) is 58.6 Å². The maximum absolute atomic E-state index is 12.7. The molecule has 1 aromatic heterocycles. The number of carboxylic acid groups (broad SMARTS) is 1. The third-order valence-electron chi connectivity index (χ3n) is 4.35. The topological polar surface area (TPSA) is 121 Å². The van der Waals surface area contributed by atoms with E-state index in [1.807, 2.05) is 19.9 Å². The Morgan fingerprint density at radius 3 is 2.52 bits per heavy atom. The molecule has 3 rings (SSSR count). The zero-order chi connectivity index (χ0) is 23.8. The van der Waals surface area contributed by atoms with Gasteiger partial charge in [-0.25, -0.2) is 4.79 Å². The molecule has 0 aliphatic heterocycles. The van der Waals surface area contributed by atoms with Crippen molar-refractivity contribution in [3.63, 3.8) is 0 Å². The molecule has 0 radical (unpaired) electrons. The Hall–Kier alpha value is -2.89. The molecule has 172 valence electrons. The van der Waals surface area contributed by atoms with E-state index in [1.165, 1.54) is 35.7 Å². The summed E-state index contributed by atoms with van der Waals surface area (Å²) >= 11 is 4.03. The predicted molar refractivity (Wildman–Crippen MR) is 133 cm³/mol. The van der Waals surface area contributed by atoms with E-state index < -0.39 is 11.9 Å². The van der Waals surface area contributed by atoms with Crippen LogP contribution in [0.5, 0.6) is 0 Å². The Kier molecular flexibility index (Phi) is 8.87. The molecule has 0 aliphatic carbocycles. The smallest absolute Gasteiger partial charge is 0.336 e. The maximum atomic E-state index is 12.7. The average Bonchev–Trinajstić information content (AvgIpc) is 3.24. The number of amides is 2. The van der Waals surface area contributed by atoms with Crippen LogP contribution in [0.2, 0.25) is 0 Å². The highest BCUT2D eigenvalue weighted by molar-refractivity contribution is 8.00. The minimum atomic E-state index is -1.17. The predicted octanol–water partition coefficient (Wildman–Crippen LogP) is 5.11. The maximum Gasteiger partial charge on any atom is 0.336 e. The lowest BCUT2D eigenvalue weighted by atomic mass is 10.1. The van der Waals surface area contributed by atoms with Crippen molar-refractivity contribution in [1.82, 2.24) is 9.36 Å². The van der Waals surface area contributed by atoms with Gasteiger partial charge in [0.05, 0.1) is 16.4 Å². The molecule has 2 aromatic carbocycles. The van der Waals surface area contributed by atoms with E-state index in [0.717, 1.165) is 22.2 Å². The van der Waals surface area contributed by atoms with Crippen LogP contribution in [0, 0.1) is 0 Å². The molecule has 0 bridgehead atoms. The second kappa shape index (κ2) is 11.8. The van der Waals surface area contributed by atoms with E-state index in [2.05, 4.69) is 20.0 Å². The Bertz CT molecular complexity index is 1150. The summed E-state index contributed by atoms with van der Waals surface area (Å²) in [5.74, 6) is -1.00. The number of nitrogens with one attached hydrogen (secondary N) is 2. The van der Waals surface area contributed by atoms with E-state index in [-0.39, 0.29) is 22.3 Å². The van der Waals surface area contributed by atoms with Crippen molar-refractivity contribution >= 4 is 63.7 Å². The van der Waals surface area contributed by atoms with Gasteiger partial charge in [-0.3, -0.25) is 14.9 Å². The number of carboxylic acids is 1. The van der Waals surface area contributed by atoms with Gasteiger partial charge in [0.2, 0.25) is 16.2 Å². The highest BCUT2D eigenvalue weighted by atomic mass is 32.2. The fourth-order valence-corrected chi connectivity index (χ4v) is 5.12. The molecule has 11 heteroatoms. The second-order valence-electron chi connectivity index (χ2n) is 6.65. The van der Waals surface area contributed by atoms with Crippen LogP contribution >= 0.6 is 35.1 Å². The molecule has 1 unspecified atom stereocenters. The van der Waals surface area contributed by atoms with Gasteiger partial charge in [-0.1, -0.05) is 43.8 Å². The summed E-state index contributed by atoms with van der Waals surface area (Å²) in [6.07, 6.45) is 0.592. The molecule has 1 atom stereocenters. The molecule has 33 heavy (non-hydrogen) atoms. The van der Waals surface area contributed by atoms with Crippen molar-refractivity contribution in [3.05, 3.63) is 59.7 Å². The first-order chi connectivity index (χ1) is 15.9. The largest absolute Gasteiger partial charge is 0.478 e. The van der Waals surface area contributed by atoms with Crippen molar-refractivity contribution in [1.29, 1.82) is 0 Å². The van der Waals surface area contributed by atoms with Gasteiger partial charge in [-0.15, -0.1) is 11.8 Å². The number of aromatic carboxylic acids is 1. The number of rotatable bonds is 10. The van der Waals surface area contributed by atoms with Gasteiger partial charge in [0.1, 0.15) is 0 Å². The Balaban J connectivity index is 1.67. The standard InChI is InChI=1S/C22H22N4O4S3/c1-3-17(19(28)24-21-25-22(26-33-21)31-4-2)32-14-9-7-8-13(12-14)23-18(27)15-10-5-6-11-16(15)20(29)30/h5-12,17H,3-4H2,1-2H3,(H,23,27)(H,29,30)(H,24,25,26,28). The van der Waals surface area contributed by atoms with Gasteiger partial charge in [0, 0.05) is 22.1 Å². The molecule has 8 nitrogen and oxygen atoms in total. The number of thioether (sulfide) groups is 2. The molecule has 3 N–H and O–H groups in total. The summed E-state index contributed by atoms with van der Waals surface area (Å²) in [6, 6.07) is 13.1. The molecule has 3 aromatic rings. The lowest BCUT2D eigenvalue weighted by Crippen LogP contribution is -2.24. The SMILES string of the molecule is CCSc1nsc(NC(=O)C(CC)Sc2cccc(NC(=O)c3ccccc3C(=O)O)c2)n1. The summed E-state index contributed by atoms with van der Waals surface area (Å²) < 4.78 is 4.20. The molecule has 0 fully saturated rings. The fraction of sp³-hybridized carbons (Fsp3) is 0.227. The third kappa shape index (κ3) is 6.80. The molecular weight excluding hydrogens is 480 g/mol. The Morgan fingerprint density at radius 2 is 1.82 bits per heavy atom. The van der Waals surface area contributed by atoms with Crippen LogP contribution < -0.4 is 10.6 Å². The second-order valence-corrected chi connectivity index (χ2v) is 9.91. The van der Waals surface area contributed by atoms with E-state index in [9.17, 15) is 19.5 Å². The van der Waals surface area contributed by atoms with Crippen LogP contribution in [0.4, 0.5) is 10.8 Å². The molecule has 1 heterocycles. The van der Waals surface area contributed by atoms with Gasteiger partial charge in [-0.05, 0) is 42.5 Å². The molecule has 0 saturated heterocycles. The van der Waals surface area contributed by atoms with Crippen molar-refractivity contribution < 1.29 is 19.5 Å². The summed E-state index contributed by atoms with van der Waals surface area (Å²) in [6.45, 7) is 3.93. The number of nitrogens with zero attached hydrogens (tertiary/aromatic N) is 2. The Labute approximate surface area is 203 Å². The summed E-state index contributed by atoms with van der Waals surface area (Å²) in [4.78, 5) is 41.8. The zero-order valence-electron chi connectivity index (χ0n) is 17.9. The fourth-order valence-electron chi connectivity index (χ4n) is 2.83. The number of carbonyl (C=O) groups is 3. The van der Waals surface area contributed by atoms with Crippen LogP contribution in [0.1, 0.15) is 41.0 Å². The number of hydrogen-bond acceptors (Lipinski definition) is 8. The van der Waals surface area contributed by atoms with Crippen molar-refractivity contribution in [2.24, 2.45) is 0 Å². The average molecular weight is 503 g/mol. The first-order valence-corrected chi connectivity index (χ1v) is 12.7. The lowest BCUT2D eigenvalue weighted by Gasteiger charge is -2.14. The summed E-state index contributed by atoms with van der Waals surface area (Å²) in [5, 5.41) is 15.6. The van der Waals surface area contributed by atoms with Gasteiger partial charge in [0.25, 0.3) is 5.91 Å². The van der Waals surface area contributed by atoms with Gasteiger partial charge >= 0.3 is 5.97 Å². The molecular formula is C22H22N4O4S3. The lowest BCUT2D eigenvalue weighted by molar-refractivity contribution is -0.115. The molecule has 0 saturated carbocycles. The van der Waals surface area contributed by atoms with Crippen LogP contribution in [0.25, 0.3) is 0 Å². The van der Waals surface area contributed by atoms with Crippen LogP contribution in [-0.4, -0.2) is 43.3 Å². The van der Waals surface area contributed by atoms with Gasteiger partial charge in [-0.2, -0.15) is 9.36 Å². The van der Waals surface area contributed by atoms with Gasteiger partial charge < -0.3 is 10.4 Å². The van der Waals surface area contributed by atoms with Crippen LogP contribution in [-0.2, 0) is 4.79 Å². The molecule has 0 spiro atoms. The minimum absolute atomic E-state index is 0.0691. The van der Waals surface area contributed by atoms with E-state index in [4.69, 9.17) is 0 Å². The molecule has 0 aliphatic rings. The zero-order valence-corrected chi connectivity index (χ0v) is 20.4. The van der Waals surface area contributed by atoms with Crippen molar-refractivity contribution in [2.75, 3.05) is 16.4 Å². The minimum Gasteiger partial charge on any atom is -0.478 e. The third-order valence-corrected chi connectivity index (χ3v) is 7.18. The highest BCUT2D eigenvalue weighted by Crippen LogP contribution is 2.29. The van der Waals surface area contributed by atoms with E-state index in [0.29, 0.717) is 22.4 Å². The number of anilines is 2. The van der Waals surface area contributed by atoms with Gasteiger partial charge in [0.15, 0.2) is 0 Å². The first-order valence-electron chi connectivity index (χ1n) is 10.1. The van der Waals surface area contributed by atoms with E-state index in [1.54, 1.807) is 30.3 Å². The monoisotopic (exact) mass is 502 g/mol. The van der Waals surface area contributed by atoms with Crippen molar-refractivity contribution in [2.45, 2.75) is 35.6 Å². The Morgan fingerprint density at radius 1 is 1.06 bits per heavy atom. The van der Waals surface area contributed by atoms with E-state index >= 15 is 0 Å². The number of aromatic nitrogens is 2. The summed E-state index contributed by atoms with van der Waals surface area (Å²) in [5.41, 5.74) is 0.512. The number of benzene rings is 2. The first kappa shape index (κ1) is 24.7. The number of carbonyl (C=O) groups excluding carboxylic acids is 2. The normalized spacial score (nSPS) is 11.6. The number of hydrogen-bond donors (Lipinski definition) is 3. The quantitative estimate of drug-likeness (QED) is 0.327.